The molecule has 35 heavy (non-hydrogen) atoms. The number of anilines is 1. The number of nitrogens with one attached hydrogen (secondary N) is 3. The van der Waals surface area contributed by atoms with Crippen molar-refractivity contribution in [3.63, 3.8) is 0 Å². The van der Waals surface area contributed by atoms with E-state index >= 15 is 0 Å². The number of benzene rings is 1. The van der Waals surface area contributed by atoms with Gasteiger partial charge in [0.25, 0.3) is 0 Å². The summed E-state index contributed by atoms with van der Waals surface area (Å²) in [5, 5.41) is 7.61. The summed E-state index contributed by atoms with van der Waals surface area (Å²) in [6, 6.07) is 12.9. The molecule has 0 saturated carbocycles. The molecule has 1 saturated heterocycles. The van der Waals surface area contributed by atoms with Crippen molar-refractivity contribution in [3.05, 3.63) is 81.9 Å². The highest BCUT2D eigenvalue weighted by atomic mass is 35.5. The van der Waals surface area contributed by atoms with Crippen LogP contribution < -0.4 is 10.6 Å². The van der Waals surface area contributed by atoms with Crippen LogP contribution in [0.15, 0.2) is 48.7 Å². The van der Waals surface area contributed by atoms with Gasteiger partial charge in [-0.05, 0) is 67.2 Å². The summed E-state index contributed by atoms with van der Waals surface area (Å²) >= 11 is 11.4. The lowest BCUT2D eigenvalue weighted by Crippen LogP contribution is -2.42. The minimum Gasteiger partial charge on any atom is -0.379 e. The van der Waals surface area contributed by atoms with Gasteiger partial charge < -0.3 is 20.4 Å². The fourth-order valence-corrected chi connectivity index (χ4v) is 4.37. The average Bonchev–Trinajstić information content (AvgIpc) is 3.26. The van der Waals surface area contributed by atoms with Crippen molar-refractivity contribution in [1.82, 2.24) is 20.2 Å². The Balaban J connectivity index is 1.33. The Labute approximate surface area is 216 Å². The second-order valence-electron chi connectivity index (χ2n) is 8.65. The van der Waals surface area contributed by atoms with Crippen molar-refractivity contribution in [1.29, 1.82) is 0 Å². The van der Waals surface area contributed by atoms with Gasteiger partial charge >= 0.3 is 0 Å². The number of nitrogens with zero attached hydrogens (tertiary/aromatic N) is 2. The molecule has 1 atom stereocenters. The minimum absolute atomic E-state index is 0.00637. The van der Waals surface area contributed by atoms with Crippen LogP contribution in [0.5, 0.6) is 0 Å². The monoisotopic (exact) mass is 511 g/mol. The highest BCUT2D eigenvalue weighted by Crippen LogP contribution is 2.26. The SMILES string of the molecule is Cc1cc(C(C)c2ccc(NC(=S)NCCN3CCOCC3)cn2)[nH]c1C(=O)c1ccc(Cl)cc1. The van der Waals surface area contributed by atoms with Crippen LogP contribution in [-0.4, -0.2) is 65.2 Å². The summed E-state index contributed by atoms with van der Waals surface area (Å²) in [6.45, 7) is 9.21. The average molecular weight is 512 g/mol. The first kappa shape index (κ1) is 25.3. The Morgan fingerprint density at radius 1 is 1.23 bits per heavy atom. The molecule has 0 aliphatic carbocycles. The van der Waals surface area contributed by atoms with Crippen LogP contribution in [0, 0.1) is 6.92 Å². The fraction of sp³-hybridized carbons (Fsp3) is 0.346. The van der Waals surface area contributed by atoms with Gasteiger partial charge in [-0.3, -0.25) is 14.7 Å². The number of morpholine rings is 1. The maximum absolute atomic E-state index is 12.9. The molecule has 0 amide bonds. The van der Waals surface area contributed by atoms with E-state index in [2.05, 4.69) is 32.4 Å². The van der Waals surface area contributed by atoms with E-state index in [9.17, 15) is 4.79 Å². The first-order valence-corrected chi connectivity index (χ1v) is 12.5. The van der Waals surface area contributed by atoms with Crippen molar-refractivity contribution >= 4 is 40.4 Å². The first-order valence-electron chi connectivity index (χ1n) is 11.7. The Morgan fingerprint density at radius 3 is 2.66 bits per heavy atom. The Morgan fingerprint density at radius 2 is 1.97 bits per heavy atom. The number of carbonyl (C=O) groups excluding carboxylic acids is 1. The predicted octanol–water partition coefficient (Wildman–Crippen LogP) is 4.37. The zero-order valence-corrected chi connectivity index (χ0v) is 21.5. The molecule has 1 fully saturated rings. The quantitative estimate of drug-likeness (QED) is 0.306. The molecule has 9 heteroatoms. The third kappa shape index (κ3) is 6.67. The molecule has 4 rings (SSSR count). The van der Waals surface area contributed by atoms with Crippen molar-refractivity contribution < 1.29 is 9.53 Å². The predicted molar refractivity (Wildman–Crippen MR) is 144 cm³/mol. The molecule has 3 N–H and O–H groups in total. The first-order chi connectivity index (χ1) is 16.9. The molecule has 184 valence electrons. The number of hydrogen-bond acceptors (Lipinski definition) is 5. The lowest BCUT2D eigenvalue weighted by atomic mass is 10.0. The lowest BCUT2D eigenvalue weighted by molar-refractivity contribution is 0.0389. The van der Waals surface area contributed by atoms with E-state index in [0.29, 0.717) is 21.4 Å². The molecule has 0 radical (unpaired) electrons. The van der Waals surface area contributed by atoms with Crippen LogP contribution in [0.25, 0.3) is 0 Å². The standard InChI is InChI=1S/C26H30ClN5O2S/c1-17-15-23(31-24(17)25(33)19-3-5-20(27)6-4-19)18(2)22-8-7-21(16-29-22)30-26(35)28-9-10-32-11-13-34-14-12-32/h3-8,15-16,18,31H,9-14H2,1-2H3,(H2,28,30,35). The van der Waals surface area contributed by atoms with Crippen LogP contribution >= 0.6 is 23.8 Å². The molecule has 2 aromatic heterocycles. The number of rotatable bonds is 8. The van der Waals surface area contributed by atoms with Crippen LogP contribution in [0.1, 0.15) is 45.8 Å². The third-order valence-electron chi connectivity index (χ3n) is 6.14. The van der Waals surface area contributed by atoms with Gasteiger partial charge in [-0.25, -0.2) is 0 Å². The molecule has 1 unspecified atom stereocenters. The van der Waals surface area contributed by atoms with Gasteiger partial charge in [-0.15, -0.1) is 0 Å². The summed E-state index contributed by atoms with van der Waals surface area (Å²) in [5.41, 5.74) is 4.74. The Hall–Kier alpha value is -2.78. The van der Waals surface area contributed by atoms with Gasteiger partial charge in [0, 0.05) is 54.1 Å². The highest BCUT2D eigenvalue weighted by Gasteiger charge is 2.19. The number of aromatic amines is 1. The van der Waals surface area contributed by atoms with E-state index in [-0.39, 0.29) is 11.7 Å². The molecule has 3 heterocycles. The van der Waals surface area contributed by atoms with E-state index in [1.165, 1.54) is 0 Å². The smallest absolute Gasteiger partial charge is 0.209 e. The summed E-state index contributed by atoms with van der Waals surface area (Å²) in [4.78, 5) is 23.2. The molecule has 1 aliphatic heterocycles. The molecular weight excluding hydrogens is 482 g/mol. The van der Waals surface area contributed by atoms with Crippen molar-refractivity contribution in [2.24, 2.45) is 0 Å². The Kier molecular flexibility index (Phi) is 8.51. The second-order valence-corrected chi connectivity index (χ2v) is 9.49. The number of H-pyrrole nitrogens is 1. The molecular formula is C26H30ClN5O2S. The van der Waals surface area contributed by atoms with Crippen molar-refractivity contribution in [3.8, 4) is 0 Å². The number of carbonyl (C=O) groups is 1. The summed E-state index contributed by atoms with van der Waals surface area (Å²) < 4.78 is 5.37. The van der Waals surface area contributed by atoms with Gasteiger partial charge in [-0.2, -0.15) is 0 Å². The van der Waals surface area contributed by atoms with Gasteiger partial charge in [0.15, 0.2) is 5.11 Å². The van der Waals surface area contributed by atoms with E-state index in [4.69, 9.17) is 28.6 Å². The molecule has 1 aliphatic rings. The van der Waals surface area contributed by atoms with Gasteiger partial charge in [0.1, 0.15) is 0 Å². The van der Waals surface area contributed by atoms with Gasteiger partial charge in [0.2, 0.25) is 5.78 Å². The van der Waals surface area contributed by atoms with E-state index in [1.807, 2.05) is 25.1 Å². The van der Waals surface area contributed by atoms with Crippen LogP contribution in [0.2, 0.25) is 5.02 Å². The zero-order valence-electron chi connectivity index (χ0n) is 19.9. The number of pyridine rings is 1. The molecule has 0 spiro atoms. The second kappa shape index (κ2) is 11.8. The molecule has 0 bridgehead atoms. The van der Waals surface area contributed by atoms with E-state index < -0.39 is 0 Å². The molecule has 7 nitrogen and oxygen atoms in total. The van der Waals surface area contributed by atoms with Crippen LogP contribution in [0.4, 0.5) is 5.69 Å². The number of hydrogen-bond donors (Lipinski definition) is 3. The summed E-state index contributed by atoms with van der Waals surface area (Å²) in [7, 11) is 0. The number of aryl methyl sites for hydroxylation is 1. The zero-order chi connectivity index (χ0) is 24.8. The number of thiocarbonyl (C=S) groups is 1. The normalized spacial score (nSPS) is 14.9. The van der Waals surface area contributed by atoms with Crippen molar-refractivity contribution in [2.75, 3.05) is 44.7 Å². The minimum atomic E-state index is -0.0558. The fourth-order valence-electron chi connectivity index (χ4n) is 4.02. The van der Waals surface area contributed by atoms with Gasteiger partial charge in [0.05, 0.1) is 30.8 Å². The summed E-state index contributed by atoms with van der Waals surface area (Å²) in [6.07, 6.45) is 1.78. The molecule has 1 aromatic carbocycles. The number of ketones is 1. The van der Waals surface area contributed by atoms with E-state index in [0.717, 1.165) is 62.0 Å². The largest absolute Gasteiger partial charge is 0.379 e. The van der Waals surface area contributed by atoms with Gasteiger partial charge in [-0.1, -0.05) is 18.5 Å². The maximum atomic E-state index is 12.9. The topological polar surface area (TPSA) is 82.3 Å². The molecule has 3 aromatic rings. The maximum Gasteiger partial charge on any atom is 0.209 e. The highest BCUT2D eigenvalue weighted by molar-refractivity contribution is 7.80. The van der Waals surface area contributed by atoms with E-state index in [1.54, 1.807) is 30.5 Å². The summed E-state index contributed by atoms with van der Waals surface area (Å²) in [5.74, 6) is -0.0622. The number of halogens is 1. The van der Waals surface area contributed by atoms with Crippen LogP contribution in [0.3, 0.4) is 0 Å². The van der Waals surface area contributed by atoms with Crippen LogP contribution in [-0.2, 0) is 4.74 Å². The lowest BCUT2D eigenvalue weighted by Gasteiger charge is -2.26. The van der Waals surface area contributed by atoms with Crippen molar-refractivity contribution in [2.45, 2.75) is 19.8 Å². The number of ether oxygens (including phenoxy) is 1. The Bertz CT molecular complexity index is 1160. The number of aromatic nitrogens is 2. The third-order valence-corrected chi connectivity index (χ3v) is 6.64.